The van der Waals surface area contributed by atoms with Crippen LogP contribution in [0.15, 0.2) is 47.8 Å². The van der Waals surface area contributed by atoms with Crippen molar-refractivity contribution in [2.75, 3.05) is 6.54 Å². The second kappa shape index (κ2) is 9.55. The monoisotopic (exact) mass is 324 g/mol. The van der Waals surface area contributed by atoms with Gasteiger partial charge in [-0.2, -0.15) is 0 Å². The first-order chi connectivity index (χ1) is 9.79. The maximum Gasteiger partial charge on any atom is 0.220 e. The van der Waals surface area contributed by atoms with E-state index in [2.05, 4.69) is 23.5 Å². The molecule has 0 saturated carbocycles. The highest BCUT2D eigenvalue weighted by Crippen LogP contribution is 2.23. The lowest BCUT2D eigenvalue weighted by atomic mass is 10.0. The molecule has 1 heterocycles. The van der Waals surface area contributed by atoms with Gasteiger partial charge in [-0.3, -0.25) is 4.79 Å². The topological polar surface area (TPSA) is 55.1 Å². The Kier molecular flexibility index (Phi) is 8.05. The number of carbonyl (C=O) groups excluding carboxylic acids is 1. The van der Waals surface area contributed by atoms with Gasteiger partial charge in [0.25, 0.3) is 0 Å². The summed E-state index contributed by atoms with van der Waals surface area (Å²) < 4.78 is 0. The van der Waals surface area contributed by atoms with Crippen molar-refractivity contribution in [1.82, 2.24) is 5.32 Å². The molecule has 21 heavy (non-hydrogen) atoms. The Morgan fingerprint density at radius 1 is 1.19 bits per heavy atom. The van der Waals surface area contributed by atoms with E-state index in [9.17, 15) is 4.79 Å². The summed E-state index contributed by atoms with van der Waals surface area (Å²) in [5.41, 5.74) is 6.67. The van der Waals surface area contributed by atoms with Gasteiger partial charge in [0.1, 0.15) is 0 Å². The minimum atomic E-state index is 0. The number of hydrogen-bond donors (Lipinski definition) is 2. The normalized spacial score (nSPS) is 11.5. The highest BCUT2D eigenvalue weighted by Gasteiger charge is 2.15. The van der Waals surface area contributed by atoms with Crippen molar-refractivity contribution in [3.63, 3.8) is 0 Å². The Balaban J connectivity index is 0.00000220. The van der Waals surface area contributed by atoms with Crippen LogP contribution in [0.2, 0.25) is 0 Å². The number of nitrogens with one attached hydrogen (secondary N) is 1. The van der Waals surface area contributed by atoms with E-state index in [1.54, 1.807) is 11.3 Å². The van der Waals surface area contributed by atoms with Crippen LogP contribution < -0.4 is 11.1 Å². The van der Waals surface area contributed by atoms with Gasteiger partial charge in [-0.05, 0) is 36.4 Å². The SMILES string of the molecule is Cl.NCCCC(=O)NC(Cc1ccccc1)c1cccs1. The molecule has 0 fully saturated rings. The molecule has 5 heteroatoms. The first-order valence-electron chi connectivity index (χ1n) is 6.86. The summed E-state index contributed by atoms with van der Waals surface area (Å²) in [7, 11) is 0. The first-order valence-corrected chi connectivity index (χ1v) is 7.74. The van der Waals surface area contributed by atoms with Gasteiger partial charge in [0.2, 0.25) is 5.91 Å². The maximum atomic E-state index is 11.9. The van der Waals surface area contributed by atoms with Crippen LogP contribution >= 0.6 is 23.7 Å². The lowest BCUT2D eigenvalue weighted by Crippen LogP contribution is -2.29. The van der Waals surface area contributed by atoms with E-state index in [1.165, 1.54) is 10.4 Å². The molecule has 2 rings (SSSR count). The van der Waals surface area contributed by atoms with Gasteiger partial charge in [0.15, 0.2) is 0 Å². The largest absolute Gasteiger partial charge is 0.348 e. The van der Waals surface area contributed by atoms with Crippen LogP contribution in [0.5, 0.6) is 0 Å². The van der Waals surface area contributed by atoms with E-state index in [4.69, 9.17) is 5.73 Å². The molecule has 0 saturated heterocycles. The van der Waals surface area contributed by atoms with Gasteiger partial charge in [-0.1, -0.05) is 36.4 Å². The van der Waals surface area contributed by atoms with E-state index in [0.29, 0.717) is 13.0 Å². The Bertz CT molecular complexity index is 516. The number of amides is 1. The molecule has 1 aromatic carbocycles. The van der Waals surface area contributed by atoms with Crippen LogP contribution in [0, 0.1) is 0 Å². The molecule has 114 valence electrons. The van der Waals surface area contributed by atoms with E-state index in [1.807, 2.05) is 29.6 Å². The number of hydrogen-bond acceptors (Lipinski definition) is 3. The Morgan fingerprint density at radius 2 is 1.95 bits per heavy atom. The van der Waals surface area contributed by atoms with Gasteiger partial charge in [0, 0.05) is 11.3 Å². The van der Waals surface area contributed by atoms with Crippen molar-refractivity contribution < 1.29 is 4.79 Å². The predicted molar refractivity (Wildman–Crippen MR) is 90.9 cm³/mol. The number of rotatable bonds is 7. The Labute approximate surface area is 136 Å². The van der Waals surface area contributed by atoms with Gasteiger partial charge in [0.05, 0.1) is 6.04 Å². The molecule has 3 nitrogen and oxygen atoms in total. The zero-order chi connectivity index (χ0) is 14.2. The van der Waals surface area contributed by atoms with E-state index >= 15 is 0 Å². The minimum Gasteiger partial charge on any atom is -0.348 e. The number of benzene rings is 1. The second-order valence-electron chi connectivity index (χ2n) is 4.72. The third-order valence-electron chi connectivity index (χ3n) is 3.11. The summed E-state index contributed by atoms with van der Waals surface area (Å²) in [4.78, 5) is 13.1. The van der Waals surface area contributed by atoms with Crippen LogP contribution in [-0.4, -0.2) is 12.5 Å². The summed E-state index contributed by atoms with van der Waals surface area (Å²) in [6.07, 6.45) is 2.04. The van der Waals surface area contributed by atoms with E-state index in [-0.39, 0.29) is 24.4 Å². The fourth-order valence-corrected chi connectivity index (χ4v) is 2.87. The van der Waals surface area contributed by atoms with E-state index in [0.717, 1.165) is 12.8 Å². The molecule has 0 aliphatic heterocycles. The van der Waals surface area contributed by atoms with Crippen molar-refractivity contribution in [2.45, 2.75) is 25.3 Å². The van der Waals surface area contributed by atoms with Crippen LogP contribution in [0.4, 0.5) is 0 Å². The number of thiophene rings is 1. The smallest absolute Gasteiger partial charge is 0.220 e. The lowest BCUT2D eigenvalue weighted by molar-refractivity contribution is -0.121. The molecule has 0 spiro atoms. The predicted octanol–water partition coefficient (Wildman–Crippen LogP) is 3.31. The Hall–Kier alpha value is -1.36. The van der Waals surface area contributed by atoms with E-state index < -0.39 is 0 Å². The van der Waals surface area contributed by atoms with Gasteiger partial charge < -0.3 is 11.1 Å². The fourth-order valence-electron chi connectivity index (χ4n) is 2.09. The van der Waals surface area contributed by atoms with Crippen molar-refractivity contribution >= 4 is 29.7 Å². The highest BCUT2D eigenvalue weighted by molar-refractivity contribution is 7.10. The lowest BCUT2D eigenvalue weighted by Gasteiger charge is -2.17. The molecular formula is C16H21ClN2OS. The molecule has 1 unspecified atom stereocenters. The first kappa shape index (κ1) is 17.7. The van der Waals surface area contributed by atoms with Crippen molar-refractivity contribution in [3.05, 3.63) is 58.3 Å². The van der Waals surface area contributed by atoms with Crippen molar-refractivity contribution in [3.8, 4) is 0 Å². The standard InChI is InChI=1S/C16H20N2OS.ClH/c17-10-4-9-16(19)18-14(15-8-5-11-20-15)12-13-6-2-1-3-7-13;/h1-3,5-8,11,14H,4,9-10,12,17H2,(H,18,19);1H. The molecule has 0 aliphatic carbocycles. The van der Waals surface area contributed by atoms with Crippen molar-refractivity contribution in [2.24, 2.45) is 5.73 Å². The zero-order valence-corrected chi connectivity index (χ0v) is 13.5. The molecule has 1 amide bonds. The Morgan fingerprint density at radius 3 is 2.57 bits per heavy atom. The molecular weight excluding hydrogens is 304 g/mol. The van der Waals surface area contributed by atoms with Gasteiger partial charge >= 0.3 is 0 Å². The van der Waals surface area contributed by atoms with Crippen LogP contribution in [0.3, 0.4) is 0 Å². The third-order valence-corrected chi connectivity index (χ3v) is 4.10. The van der Waals surface area contributed by atoms with Gasteiger partial charge in [-0.25, -0.2) is 0 Å². The number of halogens is 1. The molecule has 0 bridgehead atoms. The average molecular weight is 325 g/mol. The molecule has 2 aromatic rings. The quantitative estimate of drug-likeness (QED) is 0.821. The van der Waals surface area contributed by atoms with Gasteiger partial charge in [-0.15, -0.1) is 23.7 Å². The summed E-state index contributed by atoms with van der Waals surface area (Å²) in [5, 5.41) is 5.16. The average Bonchev–Trinajstić information content (AvgIpc) is 3.00. The maximum absolute atomic E-state index is 11.9. The summed E-state index contributed by atoms with van der Waals surface area (Å²) in [5.74, 6) is 0.0739. The molecule has 3 N–H and O–H groups in total. The zero-order valence-electron chi connectivity index (χ0n) is 11.8. The molecule has 1 aromatic heterocycles. The summed E-state index contributed by atoms with van der Waals surface area (Å²) in [6, 6.07) is 14.4. The summed E-state index contributed by atoms with van der Waals surface area (Å²) >= 11 is 1.68. The van der Waals surface area contributed by atoms with Crippen molar-refractivity contribution in [1.29, 1.82) is 0 Å². The number of nitrogens with two attached hydrogens (primary N) is 1. The second-order valence-corrected chi connectivity index (χ2v) is 5.70. The fraction of sp³-hybridized carbons (Fsp3) is 0.312. The third kappa shape index (κ3) is 5.87. The molecule has 1 atom stereocenters. The molecule has 0 radical (unpaired) electrons. The molecule has 0 aliphatic rings. The highest BCUT2D eigenvalue weighted by atomic mass is 35.5. The van der Waals surface area contributed by atoms with Crippen LogP contribution in [0.1, 0.15) is 29.3 Å². The number of carbonyl (C=O) groups is 1. The summed E-state index contributed by atoms with van der Waals surface area (Å²) in [6.45, 7) is 0.551. The van der Waals surface area contributed by atoms with Crippen LogP contribution in [-0.2, 0) is 11.2 Å². The van der Waals surface area contributed by atoms with Crippen LogP contribution in [0.25, 0.3) is 0 Å². The minimum absolute atomic E-state index is 0.